The van der Waals surface area contributed by atoms with Gasteiger partial charge in [0.1, 0.15) is 30.2 Å². The van der Waals surface area contributed by atoms with Gasteiger partial charge in [-0.25, -0.2) is 0 Å². The zero-order chi connectivity index (χ0) is 19.9. The third kappa shape index (κ3) is 3.30. The molecule has 3 N–H and O–H groups in total. The number of aliphatic hydroxyl groups is 3. The van der Waals surface area contributed by atoms with Crippen molar-refractivity contribution in [2.24, 2.45) is 0 Å². The van der Waals surface area contributed by atoms with Crippen LogP contribution in [-0.2, 0) is 21.7 Å². The van der Waals surface area contributed by atoms with Crippen molar-refractivity contribution in [2.75, 3.05) is 13.2 Å². The molecule has 0 radical (unpaired) electrons. The topological polar surface area (TPSA) is 88.4 Å². The van der Waals surface area contributed by atoms with E-state index in [1.807, 2.05) is 37.3 Å². The minimum atomic E-state index is -1.51. The quantitative estimate of drug-likeness (QED) is 0.703. The van der Waals surface area contributed by atoms with E-state index in [9.17, 15) is 15.3 Å². The van der Waals surface area contributed by atoms with Crippen LogP contribution in [0.2, 0.25) is 5.02 Å². The SMILES string of the molecule is CCOc1ccc(Cc2cc([C@]34OC[C@H](O3)[C@@H](O)[C@H](O)[C@H]4O)ccc2Cl)cc1. The van der Waals surface area contributed by atoms with Crippen LogP contribution in [0.15, 0.2) is 42.5 Å². The minimum Gasteiger partial charge on any atom is -0.494 e. The lowest BCUT2D eigenvalue weighted by atomic mass is 9.89. The number of rotatable bonds is 5. The van der Waals surface area contributed by atoms with Crippen LogP contribution in [0.25, 0.3) is 0 Å². The van der Waals surface area contributed by atoms with Crippen molar-refractivity contribution >= 4 is 11.6 Å². The zero-order valence-electron chi connectivity index (χ0n) is 15.4. The van der Waals surface area contributed by atoms with Gasteiger partial charge in [-0.15, -0.1) is 0 Å². The van der Waals surface area contributed by atoms with Gasteiger partial charge in [0, 0.05) is 10.6 Å². The number of fused-ring (bicyclic) bond motifs is 2. The van der Waals surface area contributed by atoms with Gasteiger partial charge in [-0.2, -0.15) is 0 Å². The summed E-state index contributed by atoms with van der Waals surface area (Å²) in [6, 6.07) is 13.0. The Morgan fingerprint density at radius 1 is 1.11 bits per heavy atom. The molecule has 2 fully saturated rings. The van der Waals surface area contributed by atoms with Crippen molar-refractivity contribution < 1.29 is 29.5 Å². The number of hydrogen-bond donors (Lipinski definition) is 3. The van der Waals surface area contributed by atoms with Crippen LogP contribution >= 0.6 is 11.6 Å². The lowest BCUT2D eigenvalue weighted by molar-refractivity contribution is -0.302. The Kier molecular flexibility index (Phi) is 5.35. The second-order valence-corrected chi connectivity index (χ2v) is 7.53. The van der Waals surface area contributed by atoms with Gasteiger partial charge in [-0.1, -0.05) is 29.8 Å². The summed E-state index contributed by atoms with van der Waals surface area (Å²) in [6.07, 6.45) is -4.09. The summed E-state index contributed by atoms with van der Waals surface area (Å²) in [5.74, 6) is -0.705. The number of ether oxygens (including phenoxy) is 3. The van der Waals surface area contributed by atoms with Crippen molar-refractivity contribution in [1.82, 2.24) is 0 Å². The fourth-order valence-corrected chi connectivity index (χ4v) is 3.98. The second kappa shape index (κ2) is 7.63. The highest BCUT2D eigenvalue weighted by Crippen LogP contribution is 2.45. The summed E-state index contributed by atoms with van der Waals surface area (Å²) in [5.41, 5.74) is 2.44. The average Bonchev–Trinajstić information content (AvgIpc) is 3.12. The van der Waals surface area contributed by atoms with Gasteiger partial charge >= 0.3 is 0 Å². The van der Waals surface area contributed by atoms with E-state index >= 15 is 0 Å². The van der Waals surface area contributed by atoms with Crippen LogP contribution in [-0.4, -0.2) is 52.9 Å². The summed E-state index contributed by atoms with van der Waals surface area (Å²) in [5, 5.41) is 31.3. The Morgan fingerprint density at radius 3 is 2.57 bits per heavy atom. The molecule has 2 heterocycles. The molecule has 0 unspecified atom stereocenters. The van der Waals surface area contributed by atoms with Crippen LogP contribution in [0.1, 0.15) is 23.6 Å². The molecule has 5 atom stereocenters. The summed E-state index contributed by atoms with van der Waals surface area (Å²) in [6.45, 7) is 2.64. The molecule has 0 saturated carbocycles. The summed E-state index contributed by atoms with van der Waals surface area (Å²) < 4.78 is 17.0. The lowest BCUT2D eigenvalue weighted by Gasteiger charge is -2.41. The molecule has 2 aromatic rings. The Bertz CT molecular complexity index is 841. The van der Waals surface area contributed by atoms with Crippen LogP contribution in [0.5, 0.6) is 5.75 Å². The Labute approximate surface area is 168 Å². The fourth-order valence-electron chi connectivity index (χ4n) is 3.79. The standard InChI is InChI=1S/C21H23ClO6/c1-2-26-15-6-3-12(4-7-15)9-13-10-14(5-8-16(13)22)21-20(25)19(24)18(23)17(28-21)11-27-21/h3-8,10,17-20,23-25H,2,9,11H2,1H3/t17-,18+,19-,20+,21-/m0/s1. The molecular weight excluding hydrogens is 384 g/mol. The van der Waals surface area contributed by atoms with Gasteiger partial charge in [-0.3, -0.25) is 0 Å². The van der Waals surface area contributed by atoms with Gasteiger partial charge in [0.25, 0.3) is 0 Å². The largest absolute Gasteiger partial charge is 0.494 e. The molecule has 2 aliphatic rings. The molecule has 4 rings (SSSR count). The van der Waals surface area contributed by atoms with Crippen LogP contribution in [0.4, 0.5) is 0 Å². The van der Waals surface area contributed by atoms with Crippen molar-refractivity contribution in [2.45, 2.75) is 43.5 Å². The molecule has 0 spiro atoms. The first-order chi connectivity index (χ1) is 13.4. The van der Waals surface area contributed by atoms with Gasteiger partial charge < -0.3 is 29.5 Å². The van der Waals surface area contributed by atoms with E-state index in [0.29, 0.717) is 23.6 Å². The maximum absolute atomic E-state index is 10.6. The van der Waals surface area contributed by atoms with E-state index in [1.54, 1.807) is 12.1 Å². The molecule has 0 aromatic heterocycles. The summed E-state index contributed by atoms with van der Waals surface area (Å²) >= 11 is 6.40. The highest BCUT2D eigenvalue weighted by molar-refractivity contribution is 6.31. The number of aliphatic hydroxyl groups excluding tert-OH is 3. The Hall–Kier alpha value is -1.67. The Morgan fingerprint density at radius 2 is 1.86 bits per heavy atom. The second-order valence-electron chi connectivity index (χ2n) is 7.12. The summed E-state index contributed by atoms with van der Waals surface area (Å²) in [4.78, 5) is 0. The van der Waals surface area contributed by atoms with Crippen molar-refractivity contribution in [3.05, 3.63) is 64.2 Å². The van der Waals surface area contributed by atoms with Gasteiger partial charge in [0.15, 0.2) is 0 Å². The molecule has 28 heavy (non-hydrogen) atoms. The van der Waals surface area contributed by atoms with Gasteiger partial charge in [0.05, 0.1) is 13.2 Å². The smallest absolute Gasteiger partial charge is 0.225 e. The van der Waals surface area contributed by atoms with Gasteiger partial charge in [0.2, 0.25) is 5.79 Å². The summed E-state index contributed by atoms with van der Waals surface area (Å²) in [7, 11) is 0. The fraction of sp³-hybridized carbons (Fsp3) is 0.429. The molecule has 0 amide bonds. The van der Waals surface area contributed by atoms with Gasteiger partial charge in [-0.05, 0) is 48.7 Å². The molecule has 6 nitrogen and oxygen atoms in total. The monoisotopic (exact) mass is 406 g/mol. The molecule has 2 bridgehead atoms. The van der Waals surface area contributed by atoms with E-state index in [0.717, 1.165) is 16.9 Å². The highest BCUT2D eigenvalue weighted by atomic mass is 35.5. The molecule has 7 heteroatoms. The molecule has 0 aliphatic carbocycles. The third-order valence-electron chi connectivity index (χ3n) is 5.31. The van der Waals surface area contributed by atoms with Crippen LogP contribution < -0.4 is 4.74 Å². The first-order valence-electron chi connectivity index (χ1n) is 9.31. The third-order valence-corrected chi connectivity index (χ3v) is 5.68. The van der Waals surface area contributed by atoms with Crippen molar-refractivity contribution in [3.63, 3.8) is 0 Å². The van der Waals surface area contributed by atoms with E-state index in [2.05, 4.69) is 0 Å². The lowest BCUT2D eigenvalue weighted by Crippen LogP contribution is -2.58. The maximum atomic E-state index is 10.6. The molecule has 2 aliphatic heterocycles. The average molecular weight is 407 g/mol. The predicted octanol–water partition coefficient (Wildman–Crippen LogP) is 1.99. The van der Waals surface area contributed by atoms with E-state index in [-0.39, 0.29) is 6.61 Å². The number of benzene rings is 2. The van der Waals surface area contributed by atoms with Crippen LogP contribution in [0, 0.1) is 0 Å². The maximum Gasteiger partial charge on any atom is 0.225 e. The Balaban J connectivity index is 1.62. The first-order valence-corrected chi connectivity index (χ1v) is 9.69. The molecule has 2 aromatic carbocycles. The predicted molar refractivity (Wildman–Crippen MR) is 102 cm³/mol. The van der Waals surface area contributed by atoms with E-state index < -0.39 is 30.2 Å². The first kappa shape index (κ1) is 19.6. The normalized spacial score (nSPS) is 31.8. The number of hydrogen-bond acceptors (Lipinski definition) is 6. The molecule has 150 valence electrons. The zero-order valence-corrected chi connectivity index (χ0v) is 16.2. The molecular formula is C21H23ClO6. The van der Waals surface area contributed by atoms with Crippen molar-refractivity contribution in [3.8, 4) is 5.75 Å². The number of halogens is 1. The van der Waals surface area contributed by atoms with E-state index in [4.69, 9.17) is 25.8 Å². The van der Waals surface area contributed by atoms with Crippen LogP contribution in [0.3, 0.4) is 0 Å². The minimum absolute atomic E-state index is 0.0894. The highest BCUT2D eigenvalue weighted by Gasteiger charge is 2.60. The van der Waals surface area contributed by atoms with Crippen molar-refractivity contribution in [1.29, 1.82) is 0 Å². The molecule has 2 saturated heterocycles. The van der Waals surface area contributed by atoms with E-state index in [1.165, 1.54) is 0 Å².